The highest BCUT2D eigenvalue weighted by Gasteiger charge is 2.44. The first-order chi connectivity index (χ1) is 14.0. The van der Waals surface area contributed by atoms with E-state index in [0.717, 1.165) is 21.1 Å². The molecule has 154 valence electrons. The predicted molar refractivity (Wildman–Crippen MR) is 110 cm³/mol. The molecule has 0 aliphatic carbocycles. The fourth-order valence-electron chi connectivity index (χ4n) is 3.28. The molecule has 5 atom stereocenters. The number of ether oxygens (including phenoxy) is 1. The van der Waals surface area contributed by atoms with Crippen LogP contribution in [0.25, 0.3) is 10.6 Å². The fraction of sp³-hybridized carbons (Fsp3) is 0.368. The average Bonchev–Trinajstić information content (AvgIpc) is 3.40. The monoisotopic (exact) mass is 454 g/mol. The maximum absolute atomic E-state index is 10.4. The Morgan fingerprint density at radius 3 is 2.62 bits per heavy atom. The van der Waals surface area contributed by atoms with E-state index in [1.165, 1.54) is 11.3 Å². The van der Waals surface area contributed by atoms with Crippen LogP contribution in [-0.4, -0.2) is 61.6 Å². The van der Waals surface area contributed by atoms with E-state index in [2.05, 4.69) is 10.2 Å². The van der Waals surface area contributed by atoms with Crippen molar-refractivity contribution in [1.29, 1.82) is 0 Å². The molecular weight excluding hydrogens is 436 g/mol. The van der Waals surface area contributed by atoms with Gasteiger partial charge < -0.3 is 25.2 Å². The molecule has 3 heterocycles. The Hall–Kier alpha value is -1.43. The van der Waals surface area contributed by atoms with Crippen molar-refractivity contribution in [3.8, 4) is 10.6 Å². The second-order valence-corrected chi connectivity index (χ2v) is 9.04. The number of nitrogens with zero attached hydrogens (tertiary/aromatic N) is 2. The van der Waals surface area contributed by atoms with Gasteiger partial charge in [0, 0.05) is 22.4 Å². The van der Waals surface area contributed by atoms with E-state index in [1.807, 2.05) is 16.8 Å². The molecule has 1 aliphatic rings. The summed E-state index contributed by atoms with van der Waals surface area (Å²) in [5.74, 6) is 0. The number of hydrogen-bond acceptors (Lipinski definition) is 9. The van der Waals surface area contributed by atoms with Crippen LogP contribution < -0.4 is 0 Å². The van der Waals surface area contributed by atoms with Gasteiger partial charge in [-0.3, -0.25) is 0 Å². The van der Waals surface area contributed by atoms with Crippen LogP contribution in [0.2, 0.25) is 5.02 Å². The van der Waals surface area contributed by atoms with Crippen LogP contribution in [0.15, 0.2) is 35.0 Å². The molecule has 3 aromatic rings. The van der Waals surface area contributed by atoms with Gasteiger partial charge in [-0.2, -0.15) is 11.3 Å². The van der Waals surface area contributed by atoms with Crippen LogP contribution >= 0.6 is 34.3 Å². The average molecular weight is 455 g/mol. The zero-order valence-electron chi connectivity index (χ0n) is 15.1. The molecule has 1 fully saturated rings. The van der Waals surface area contributed by atoms with Crippen LogP contribution in [0.5, 0.6) is 0 Å². The Bertz CT molecular complexity index is 965. The van der Waals surface area contributed by atoms with Crippen LogP contribution in [0.1, 0.15) is 22.2 Å². The minimum Gasteiger partial charge on any atom is -0.394 e. The van der Waals surface area contributed by atoms with Crippen molar-refractivity contribution < 1.29 is 25.2 Å². The van der Waals surface area contributed by atoms with E-state index in [0.29, 0.717) is 17.0 Å². The molecular formula is C19H19ClN2O5S2. The van der Waals surface area contributed by atoms with Crippen LogP contribution in [0.4, 0.5) is 0 Å². The van der Waals surface area contributed by atoms with Crippen molar-refractivity contribution >= 4 is 34.3 Å². The van der Waals surface area contributed by atoms with E-state index in [4.69, 9.17) is 16.3 Å². The van der Waals surface area contributed by atoms with Crippen molar-refractivity contribution in [2.45, 2.75) is 36.9 Å². The SMILES string of the molecule is OC[C@H]1O[C@@H](c2ccc(Cl)c(Cc3nnc(-c4ccsc4)s3)c2)[C@H](O)[C@@H](O)[C@@H]1O. The normalized spacial score (nSPS) is 27.3. The van der Waals surface area contributed by atoms with Gasteiger partial charge in [0.05, 0.1) is 6.61 Å². The Morgan fingerprint density at radius 2 is 1.90 bits per heavy atom. The minimum absolute atomic E-state index is 0.450. The number of aliphatic hydroxyl groups excluding tert-OH is 4. The number of hydrogen-bond donors (Lipinski definition) is 4. The molecule has 0 radical (unpaired) electrons. The van der Waals surface area contributed by atoms with Crippen LogP contribution in [0, 0.1) is 0 Å². The highest BCUT2D eigenvalue weighted by molar-refractivity contribution is 7.15. The molecule has 0 unspecified atom stereocenters. The Labute approximate surface area is 179 Å². The summed E-state index contributed by atoms with van der Waals surface area (Å²) < 4.78 is 5.64. The summed E-state index contributed by atoms with van der Waals surface area (Å²) in [5.41, 5.74) is 2.39. The van der Waals surface area contributed by atoms with Crippen molar-refractivity contribution in [3.63, 3.8) is 0 Å². The summed E-state index contributed by atoms with van der Waals surface area (Å²) in [5, 5.41) is 54.4. The molecule has 1 aliphatic heterocycles. The van der Waals surface area contributed by atoms with Gasteiger partial charge in [0.2, 0.25) is 0 Å². The molecule has 29 heavy (non-hydrogen) atoms. The van der Waals surface area contributed by atoms with Gasteiger partial charge >= 0.3 is 0 Å². The summed E-state index contributed by atoms with van der Waals surface area (Å²) in [6.45, 7) is -0.474. The summed E-state index contributed by atoms with van der Waals surface area (Å²) in [6, 6.07) is 7.15. The lowest BCUT2D eigenvalue weighted by atomic mass is 9.90. The zero-order valence-corrected chi connectivity index (χ0v) is 17.4. The Balaban J connectivity index is 1.58. The predicted octanol–water partition coefficient (Wildman–Crippen LogP) is 2.03. The lowest BCUT2D eigenvalue weighted by Crippen LogP contribution is -2.55. The maximum atomic E-state index is 10.4. The lowest BCUT2D eigenvalue weighted by Gasteiger charge is -2.40. The largest absolute Gasteiger partial charge is 0.394 e. The van der Waals surface area contributed by atoms with Crippen LogP contribution in [-0.2, 0) is 11.2 Å². The number of aromatic nitrogens is 2. The molecule has 0 amide bonds. The molecule has 1 saturated heterocycles. The van der Waals surface area contributed by atoms with E-state index in [-0.39, 0.29) is 0 Å². The van der Waals surface area contributed by atoms with Crippen molar-refractivity contribution in [2.24, 2.45) is 0 Å². The Kier molecular flexibility index (Phi) is 6.28. The molecule has 0 bridgehead atoms. The number of halogens is 1. The third-order valence-corrected chi connectivity index (χ3v) is 6.89. The van der Waals surface area contributed by atoms with Gasteiger partial charge in [0.25, 0.3) is 0 Å². The van der Waals surface area contributed by atoms with Gasteiger partial charge in [-0.1, -0.05) is 35.1 Å². The van der Waals surface area contributed by atoms with Gasteiger partial charge in [-0.25, -0.2) is 0 Å². The number of thiophene rings is 1. The first-order valence-electron chi connectivity index (χ1n) is 8.91. The summed E-state index contributed by atoms with van der Waals surface area (Å²) in [4.78, 5) is 0. The minimum atomic E-state index is -1.43. The molecule has 4 N–H and O–H groups in total. The molecule has 4 rings (SSSR count). The zero-order chi connectivity index (χ0) is 20.5. The van der Waals surface area contributed by atoms with E-state index in [1.54, 1.807) is 29.5 Å². The quantitative estimate of drug-likeness (QED) is 0.466. The third kappa shape index (κ3) is 4.23. The van der Waals surface area contributed by atoms with Gasteiger partial charge in [-0.15, -0.1) is 10.2 Å². The van der Waals surface area contributed by atoms with Gasteiger partial charge in [0.1, 0.15) is 40.5 Å². The standard InChI is InChI=1S/C19H19ClN2O5S2/c20-12-2-1-9(18-17(26)16(25)15(24)13(7-23)27-18)5-11(12)6-14-21-22-19(29-14)10-3-4-28-8-10/h1-5,8,13,15-18,23-26H,6-7H2/t13-,15-,16+,17-,18+/m1/s1. The van der Waals surface area contributed by atoms with Crippen molar-refractivity contribution in [3.05, 3.63) is 56.2 Å². The van der Waals surface area contributed by atoms with Gasteiger partial charge in [-0.05, 0) is 28.6 Å². The summed E-state index contributed by atoms with van der Waals surface area (Å²) in [7, 11) is 0. The van der Waals surface area contributed by atoms with E-state index >= 15 is 0 Å². The van der Waals surface area contributed by atoms with E-state index in [9.17, 15) is 20.4 Å². The first-order valence-corrected chi connectivity index (χ1v) is 11.1. The third-order valence-electron chi connectivity index (χ3n) is 4.87. The first kappa shape index (κ1) is 20.8. The van der Waals surface area contributed by atoms with Crippen molar-refractivity contribution in [2.75, 3.05) is 6.61 Å². The molecule has 0 saturated carbocycles. The van der Waals surface area contributed by atoms with E-state index < -0.39 is 37.1 Å². The fourth-order valence-corrected chi connectivity index (χ4v) is 5.03. The topological polar surface area (TPSA) is 116 Å². The smallest absolute Gasteiger partial charge is 0.148 e. The molecule has 2 aromatic heterocycles. The van der Waals surface area contributed by atoms with Gasteiger partial charge in [0.15, 0.2) is 0 Å². The summed E-state index contributed by atoms with van der Waals surface area (Å²) >= 11 is 9.44. The molecule has 1 aromatic carbocycles. The number of aliphatic hydroxyl groups is 4. The second kappa shape index (κ2) is 8.75. The number of rotatable bonds is 5. The second-order valence-electron chi connectivity index (χ2n) is 6.79. The Morgan fingerprint density at radius 1 is 1.07 bits per heavy atom. The highest BCUT2D eigenvalue weighted by Crippen LogP contribution is 2.35. The summed E-state index contributed by atoms with van der Waals surface area (Å²) in [6.07, 6.45) is -5.58. The van der Waals surface area contributed by atoms with Crippen LogP contribution in [0.3, 0.4) is 0 Å². The van der Waals surface area contributed by atoms with Crippen molar-refractivity contribution in [1.82, 2.24) is 10.2 Å². The molecule has 7 nitrogen and oxygen atoms in total. The molecule has 10 heteroatoms. The highest BCUT2D eigenvalue weighted by atomic mass is 35.5. The molecule has 0 spiro atoms. The number of benzene rings is 1. The lowest BCUT2D eigenvalue weighted by molar-refractivity contribution is -0.231. The maximum Gasteiger partial charge on any atom is 0.148 e.